The molecule has 27 heavy (non-hydrogen) atoms. The molecule has 0 atom stereocenters. The first-order valence-corrected chi connectivity index (χ1v) is 10.0. The molecule has 154 valence electrons. The Morgan fingerprint density at radius 1 is 0.889 bits per heavy atom. The summed E-state index contributed by atoms with van der Waals surface area (Å²) < 4.78 is 1.78. The van der Waals surface area contributed by atoms with Gasteiger partial charge in [-0.05, 0) is 27.7 Å². The molecule has 3 N–H and O–H groups in total. The number of imidazole rings is 1. The topological polar surface area (TPSA) is 86.9 Å². The largest absolute Gasteiger partial charge is 0.345 e. The zero-order chi connectivity index (χ0) is 20.5. The Balaban J connectivity index is 2.60. The van der Waals surface area contributed by atoms with Gasteiger partial charge < -0.3 is 24.6 Å². The molecule has 0 fully saturated rings. The summed E-state index contributed by atoms with van der Waals surface area (Å²) in [5, 5.41) is 5.78. The molecule has 0 bridgehead atoms. The number of aromatic nitrogens is 2. The van der Waals surface area contributed by atoms with E-state index in [9.17, 15) is 9.59 Å². The van der Waals surface area contributed by atoms with Crippen molar-refractivity contribution in [1.82, 2.24) is 20.6 Å². The number of rotatable bonds is 12. The van der Waals surface area contributed by atoms with Gasteiger partial charge in [0.25, 0.3) is 11.8 Å². The number of hydrogen-bond donors (Lipinski definition) is 3. The van der Waals surface area contributed by atoms with Crippen molar-refractivity contribution in [2.75, 3.05) is 66.5 Å². The minimum absolute atomic E-state index is 0.151. The fourth-order valence-corrected chi connectivity index (χ4v) is 2.77. The van der Waals surface area contributed by atoms with Crippen LogP contribution in [0.3, 0.4) is 0 Å². The lowest BCUT2D eigenvalue weighted by molar-refractivity contribution is -0.904. The van der Waals surface area contributed by atoms with Crippen LogP contribution in [0, 0.1) is 0 Å². The molecule has 0 aliphatic rings. The summed E-state index contributed by atoms with van der Waals surface area (Å²) in [6.07, 6.45) is 1.39. The van der Waals surface area contributed by atoms with Crippen LogP contribution in [0.4, 0.5) is 0 Å². The fourth-order valence-electron chi connectivity index (χ4n) is 2.77. The van der Waals surface area contributed by atoms with Crippen molar-refractivity contribution in [3.8, 4) is 0 Å². The smallest absolute Gasteiger partial charge is 0.272 e. The van der Waals surface area contributed by atoms with Gasteiger partial charge in [0.1, 0.15) is 5.69 Å². The first kappa shape index (κ1) is 23.1. The van der Waals surface area contributed by atoms with Crippen LogP contribution >= 0.6 is 0 Å². The third-order valence-corrected chi connectivity index (χ3v) is 6.01. The Bertz CT molecular complexity index is 555. The van der Waals surface area contributed by atoms with Crippen molar-refractivity contribution >= 4 is 11.8 Å². The Morgan fingerprint density at radius 2 is 1.33 bits per heavy atom. The van der Waals surface area contributed by atoms with Gasteiger partial charge >= 0.3 is 0 Å². The molecular formula is C19H38N6O2+2. The molecule has 0 spiro atoms. The van der Waals surface area contributed by atoms with Crippen LogP contribution < -0.4 is 10.6 Å². The third kappa shape index (κ3) is 6.62. The second-order valence-electron chi connectivity index (χ2n) is 7.59. The van der Waals surface area contributed by atoms with E-state index in [1.54, 1.807) is 0 Å². The van der Waals surface area contributed by atoms with Gasteiger partial charge in [-0.1, -0.05) is 0 Å². The van der Waals surface area contributed by atoms with Gasteiger partial charge in [-0.25, -0.2) is 4.98 Å². The van der Waals surface area contributed by atoms with Crippen LogP contribution in [0.1, 0.15) is 48.7 Å². The molecule has 1 aromatic heterocycles. The van der Waals surface area contributed by atoms with Gasteiger partial charge in [0.15, 0.2) is 5.69 Å². The molecule has 0 aromatic carbocycles. The molecule has 2 amide bonds. The lowest BCUT2D eigenvalue weighted by Gasteiger charge is -2.32. The van der Waals surface area contributed by atoms with Crippen molar-refractivity contribution in [3.05, 3.63) is 17.7 Å². The highest BCUT2D eigenvalue weighted by atomic mass is 16.2. The lowest BCUT2D eigenvalue weighted by Crippen LogP contribution is -2.48. The summed E-state index contributed by atoms with van der Waals surface area (Å²) in [7, 11) is 4.33. The predicted molar refractivity (Wildman–Crippen MR) is 108 cm³/mol. The summed E-state index contributed by atoms with van der Waals surface area (Å²) in [4.78, 5) is 31.7. The maximum atomic E-state index is 12.4. The molecule has 0 saturated carbocycles. The zero-order valence-electron chi connectivity index (χ0n) is 17.9. The van der Waals surface area contributed by atoms with E-state index in [2.05, 4.69) is 62.4 Å². The number of nitrogens with zero attached hydrogens (tertiary/aromatic N) is 3. The van der Waals surface area contributed by atoms with Gasteiger partial charge in [-0.2, -0.15) is 0 Å². The molecule has 0 aliphatic heterocycles. The number of amides is 2. The summed E-state index contributed by atoms with van der Waals surface area (Å²) in [6.45, 7) is 15.4. The zero-order valence-corrected chi connectivity index (χ0v) is 17.9. The Kier molecular flexibility index (Phi) is 8.92. The van der Waals surface area contributed by atoms with Crippen molar-refractivity contribution in [2.45, 2.75) is 27.7 Å². The lowest BCUT2D eigenvalue weighted by atomic mass is 10.2. The minimum Gasteiger partial charge on any atom is -0.345 e. The quantitative estimate of drug-likeness (QED) is 0.468. The highest BCUT2D eigenvalue weighted by Gasteiger charge is 2.23. The summed E-state index contributed by atoms with van der Waals surface area (Å²) in [6, 6.07) is 0. The maximum Gasteiger partial charge on any atom is 0.272 e. The van der Waals surface area contributed by atoms with Crippen LogP contribution in [0.15, 0.2) is 6.33 Å². The van der Waals surface area contributed by atoms with Crippen LogP contribution in [0.2, 0.25) is 0 Å². The highest BCUT2D eigenvalue weighted by Crippen LogP contribution is 2.05. The average molecular weight is 383 g/mol. The molecule has 0 saturated heterocycles. The molecule has 8 nitrogen and oxygen atoms in total. The fraction of sp³-hybridized carbons (Fsp3) is 0.737. The summed E-state index contributed by atoms with van der Waals surface area (Å²) in [5.41, 5.74) is 0.371. The van der Waals surface area contributed by atoms with Crippen molar-refractivity contribution < 1.29 is 18.6 Å². The van der Waals surface area contributed by atoms with Gasteiger partial charge in [-0.15, -0.1) is 0 Å². The molecule has 0 unspecified atom stereocenters. The highest BCUT2D eigenvalue weighted by molar-refractivity contribution is 6.04. The average Bonchev–Trinajstić information content (AvgIpc) is 3.17. The van der Waals surface area contributed by atoms with Crippen LogP contribution in [0.25, 0.3) is 0 Å². The first-order chi connectivity index (χ1) is 12.7. The van der Waals surface area contributed by atoms with Gasteiger partial charge in [-0.3, -0.25) is 9.59 Å². The Labute approximate surface area is 163 Å². The van der Waals surface area contributed by atoms with E-state index in [0.717, 1.165) is 48.2 Å². The number of H-pyrrole nitrogens is 1. The van der Waals surface area contributed by atoms with Crippen LogP contribution in [-0.2, 0) is 0 Å². The molecule has 0 aliphatic carbocycles. The van der Waals surface area contributed by atoms with E-state index in [1.807, 2.05) is 0 Å². The van der Waals surface area contributed by atoms with E-state index < -0.39 is 0 Å². The second kappa shape index (κ2) is 10.4. The van der Waals surface area contributed by atoms with Crippen molar-refractivity contribution in [1.29, 1.82) is 0 Å². The molecule has 0 radical (unpaired) electrons. The normalized spacial score (nSPS) is 12.1. The SMILES string of the molecule is CC[N+](C)(CC)CCNC(=O)c1nc[nH]c1C(=O)NCC[N+](C)(CC)CC. The number of carbonyl (C=O) groups excluding carboxylic acids is 2. The number of nitrogens with one attached hydrogen (secondary N) is 3. The molecule has 1 rings (SSSR count). The first-order valence-electron chi connectivity index (χ1n) is 10.0. The summed E-state index contributed by atoms with van der Waals surface area (Å²) >= 11 is 0. The molecule has 1 aromatic rings. The van der Waals surface area contributed by atoms with Crippen LogP contribution in [-0.4, -0.2) is 97.2 Å². The van der Waals surface area contributed by atoms with Gasteiger partial charge in [0.2, 0.25) is 0 Å². The minimum atomic E-state index is -0.317. The van der Waals surface area contributed by atoms with E-state index in [-0.39, 0.29) is 23.2 Å². The van der Waals surface area contributed by atoms with E-state index in [1.165, 1.54) is 6.33 Å². The van der Waals surface area contributed by atoms with Crippen LogP contribution in [0.5, 0.6) is 0 Å². The number of aromatic amines is 1. The Morgan fingerprint density at radius 3 is 1.78 bits per heavy atom. The van der Waals surface area contributed by atoms with Gasteiger partial charge in [0.05, 0.1) is 72.8 Å². The summed E-state index contributed by atoms with van der Waals surface area (Å²) in [5.74, 6) is -0.609. The number of hydrogen-bond acceptors (Lipinski definition) is 3. The molecular weight excluding hydrogens is 344 g/mol. The third-order valence-electron chi connectivity index (χ3n) is 6.01. The monoisotopic (exact) mass is 382 g/mol. The van der Waals surface area contributed by atoms with Crippen molar-refractivity contribution in [2.24, 2.45) is 0 Å². The number of likely N-dealkylation sites (N-methyl/N-ethyl adjacent to an activating group) is 2. The maximum absolute atomic E-state index is 12.4. The van der Waals surface area contributed by atoms with Gasteiger partial charge in [0, 0.05) is 0 Å². The molecule has 1 heterocycles. The van der Waals surface area contributed by atoms with E-state index >= 15 is 0 Å². The van der Waals surface area contributed by atoms with Crippen molar-refractivity contribution in [3.63, 3.8) is 0 Å². The Hall–Kier alpha value is -1.93. The number of carbonyl (C=O) groups is 2. The molecule has 8 heteroatoms. The number of quaternary nitrogens is 2. The van der Waals surface area contributed by atoms with E-state index in [0.29, 0.717) is 13.1 Å². The second-order valence-corrected chi connectivity index (χ2v) is 7.59. The predicted octanol–water partition coefficient (Wildman–Crippen LogP) is 0.842. The standard InChI is InChI=1S/C19H36N6O2/c1-7-24(5,8-2)13-11-20-18(26)16-17(23-15-22-16)19(27)21-12-14-25(6,9-3)10-4/h15H,7-14H2,1-6H3,(H-2,20,21,22,23,26,27)/p+2. The van der Waals surface area contributed by atoms with E-state index in [4.69, 9.17) is 0 Å².